The summed E-state index contributed by atoms with van der Waals surface area (Å²) in [6.45, 7) is 0. The van der Waals surface area contributed by atoms with Gasteiger partial charge in [0.05, 0.1) is 22.2 Å². The Morgan fingerprint density at radius 1 is 0.562 bits per heavy atom. The average Bonchev–Trinajstić information content (AvgIpc) is 3.50. The fourth-order valence-corrected chi connectivity index (χ4v) is 5.94. The summed E-state index contributed by atoms with van der Waals surface area (Å²) in [7, 11) is 0. The van der Waals surface area contributed by atoms with Gasteiger partial charge in [-0.15, -0.1) is 0 Å². The molecule has 4 aromatic carbocycles. The van der Waals surface area contributed by atoms with E-state index in [1.807, 2.05) is 6.20 Å². The fourth-order valence-electron chi connectivity index (χ4n) is 5.94. The molecule has 0 spiro atoms. The number of para-hydroxylation sites is 3. The molecule has 0 bridgehead atoms. The first-order chi connectivity index (χ1) is 15.9. The largest absolute Gasteiger partial charge is 0.307 e. The molecule has 0 saturated carbocycles. The number of nitrogens with zero attached hydrogens (tertiary/aromatic N) is 2. The first kappa shape index (κ1) is 16.5. The molecular weight excluding hydrogens is 388 g/mol. The van der Waals surface area contributed by atoms with Gasteiger partial charge in [-0.3, -0.25) is 4.98 Å². The van der Waals surface area contributed by atoms with E-state index in [4.69, 9.17) is 4.98 Å². The van der Waals surface area contributed by atoms with Crippen LogP contribution in [0.2, 0.25) is 0 Å². The summed E-state index contributed by atoms with van der Waals surface area (Å²) in [4.78, 5) is 4.96. The third-order valence-electron chi connectivity index (χ3n) is 7.23. The van der Waals surface area contributed by atoms with Crippen molar-refractivity contribution in [2.45, 2.75) is 6.42 Å². The monoisotopic (exact) mass is 406 g/mol. The summed E-state index contributed by atoms with van der Waals surface area (Å²) in [6, 6.07) is 33.1. The van der Waals surface area contributed by atoms with Gasteiger partial charge >= 0.3 is 0 Å². The van der Waals surface area contributed by atoms with E-state index < -0.39 is 0 Å². The molecule has 0 saturated heterocycles. The van der Waals surface area contributed by atoms with Gasteiger partial charge < -0.3 is 4.40 Å². The van der Waals surface area contributed by atoms with E-state index in [1.165, 1.54) is 65.9 Å². The van der Waals surface area contributed by atoms with Crippen molar-refractivity contribution in [3.63, 3.8) is 0 Å². The van der Waals surface area contributed by atoms with Crippen LogP contribution in [-0.2, 0) is 6.42 Å². The number of pyridine rings is 1. The minimum Gasteiger partial charge on any atom is -0.307 e. The van der Waals surface area contributed by atoms with Crippen LogP contribution in [0.1, 0.15) is 11.1 Å². The van der Waals surface area contributed by atoms with Crippen molar-refractivity contribution in [3.8, 4) is 22.4 Å². The van der Waals surface area contributed by atoms with Crippen molar-refractivity contribution in [1.82, 2.24) is 9.38 Å². The predicted molar refractivity (Wildman–Crippen MR) is 133 cm³/mol. The Bertz CT molecular complexity index is 1850. The molecule has 8 rings (SSSR count). The number of hydrogen-bond acceptors (Lipinski definition) is 1. The molecule has 0 atom stereocenters. The lowest BCUT2D eigenvalue weighted by atomic mass is 9.99. The van der Waals surface area contributed by atoms with Gasteiger partial charge in [-0.05, 0) is 34.4 Å². The van der Waals surface area contributed by atoms with Crippen LogP contribution < -0.4 is 0 Å². The Labute approximate surface area is 184 Å². The molecule has 0 fully saturated rings. The van der Waals surface area contributed by atoms with Crippen LogP contribution in [0.15, 0.2) is 97.2 Å². The quantitative estimate of drug-likeness (QED) is 0.276. The van der Waals surface area contributed by atoms with E-state index in [1.54, 1.807) is 0 Å². The van der Waals surface area contributed by atoms with Gasteiger partial charge in [0.25, 0.3) is 0 Å². The Hall–Kier alpha value is -4.17. The van der Waals surface area contributed by atoms with E-state index in [0.717, 1.165) is 12.1 Å². The Morgan fingerprint density at radius 2 is 1.25 bits per heavy atom. The molecule has 148 valence electrons. The molecule has 0 amide bonds. The minimum absolute atomic E-state index is 0.938. The van der Waals surface area contributed by atoms with Crippen LogP contribution in [-0.4, -0.2) is 9.38 Å². The molecular formula is C30H18N2. The van der Waals surface area contributed by atoms with Crippen molar-refractivity contribution in [2.24, 2.45) is 0 Å². The van der Waals surface area contributed by atoms with Gasteiger partial charge in [-0.1, -0.05) is 78.9 Å². The number of benzene rings is 4. The first-order valence-electron chi connectivity index (χ1n) is 11.1. The Balaban J connectivity index is 1.56. The van der Waals surface area contributed by atoms with Crippen LogP contribution in [0.5, 0.6) is 0 Å². The zero-order chi connectivity index (χ0) is 20.8. The summed E-state index contributed by atoms with van der Waals surface area (Å²) in [5.41, 5.74) is 11.5. The summed E-state index contributed by atoms with van der Waals surface area (Å²) >= 11 is 0. The number of aromatic nitrogens is 2. The number of fused-ring (bicyclic) bond motifs is 9. The first-order valence-corrected chi connectivity index (χ1v) is 11.1. The maximum atomic E-state index is 4.96. The highest BCUT2D eigenvalue weighted by Crippen LogP contribution is 2.45. The summed E-state index contributed by atoms with van der Waals surface area (Å²) in [5.74, 6) is 0. The summed E-state index contributed by atoms with van der Waals surface area (Å²) in [5, 5.41) is 5.23. The van der Waals surface area contributed by atoms with E-state index in [0.29, 0.717) is 0 Å². The molecule has 2 nitrogen and oxygen atoms in total. The topological polar surface area (TPSA) is 17.3 Å². The van der Waals surface area contributed by atoms with Crippen LogP contribution in [0.3, 0.4) is 0 Å². The Morgan fingerprint density at radius 3 is 2.19 bits per heavy atom. The average molecular weight is 406 g/mol. The van der Waals surface area contributed by atoms with Crippen LogP contribution in [0, 0.1) is 0 Å². The van der Waals surface area contributed by atoms with Gasteiger partial charge in [-0.25, -0.2) is 0 Å². The minimum atomic E-state index is 0.938. The van der Waals surface area contributed by atoms with Crippen molar-refractivity contribution >= 4 is 38.1 Å². The molecule has 7 aromatic rings. The second-order valence-electron chi connectivity index (χ2n) is 8.78. The maximum Gasteiger partial charge on any atom is 0.0764 e. The SMILES string of the molecule is c1ccc2c(c1)Cc1c-2ccnc1-c1cccc2c3cccc4c5ccccc5n(c12)c43. The summed E-state index contributed by atoms with van der Waals surface area (Å²) in [6.07, 6.45) is 2.91. The fraction of sp³-hybridized carbons (Fsp3) is 0.0333. The lowest BCUT2D eigenvalue weighted by molar-refractivity contribution is 1.20. The highest BCUT2D eigenvalue weighted by molar-refractivity contribution is 6.25. The molecule has 1 aliphatic carbocycles. The second-order valence-corrected chi connectivity index (χ2v) is 8.78. The maximum absolute atomic E-state index is 4.96. The second kappa shape index (κ2) is 5.74. The Kier molecular flexibility index (Phi) is 2.96. The lowest BCUT2D eigenvalue weighted by Crippen LogP contribution is -1.94. The molecule has 3 aromatic heterocycles. The number of hydrogen-bond donors (Lipinski definition) is 0. The van der Waals surface area contributed by atoms with Gasteiger partial charge in [-0.2, -0.15) is 0 Å². The van der Waals surface area contributed by atoms with Gasteiger partial charge in [0.15, 0.2) is 0 Å². The van der Waals surface area contributed by atoms with E-state index in [9.17, 15) is 0 Å². The smallest absolute Gasteiger partial charge is 0.0764 e. The van der Waals surface area contributed by atoms with Crippen LogP contribution in [0.4, 0.5) is 0 Å². The molecule has 0 aliphatic heterocycles. The molecule has 0 radical (unpaired) electrons. The highest BCUT2D eigenvalue weighted by atomic mass is 14.9. The molecule has 1 aliphatic rings. The predicted octanol–water partition coefficient (Wildman–Crippen LogP) is 7.47. The zero-order valence-corrected chi connectivity index (χ0v) is 17.3. The lowest BCUT2D eigenvalue weighted by Gasteiger charge is -2.10. The van der Waals surface area contributed by atoms with Gasteiger partial charge in [0, 0.05) is 39.7 Å². The molecule has 3 heterocycles. The van der Waals surface area contributed by atoms with Crippen molar-refractivity contribution < 1.29 is 0 Å². The molecule has 32 heavy (non-hydrogen) atoms. The normalized spacial score (nSPS) is 12.9. The highest BCUT2D eigenvalue weighted by Gasteiger charge is 2.25. The standard InChI is InChI=1S/C30H18N2/c1-2-8-19-18(7-1)17-26-20(19)15-16-31-28(26)25-13-6-12-24-23-11-5-10-22-21-9-3-4-14-27(21)32(29(22)23)30(24)25/h1-16H,17H2. The van der Waals surface area contributed by atoms with E-state index in [2.05, 4.69) is 95.4 Å². The molecule has 2 heteroatoms. The third kappa shape index (κ3) is 1.89. The van der Waals surface area contributed by atoms with E-state index >= 15 is 0 Å². The van der Waals surface area contributed by atoms with Gasteiger partial charge in [0.2, 0.25) is 0 Å². The van der Waals surface area contributed by atoms with Crippen molar-refractivity contribution in [3.05, 3.63) is 108 Å². The summed E-state index contributed by atoms with van der Waals surface area (Å²) < 4.78 is 2.47. The number of rotatable bonds is 1. The molecule has 0 unspecified atom stereocenters. The van der Waals surface area contributed by atoms with Crippen molar-refractivity contribution in [2.75, 3.05) is 0 Å². The van der Waals surface area contributed by atoms with Crippen LogP contribution >= 0.6 is 0 Å². The molecule has 0 N–H and O–H groups in total. The zero-order valence-electron chi connectivity index (χ0n) is 17.3. The van der Waals surface area contributed by atoms with Crippen LogP contribution in [0.25, 0.3) is 60.5 Å². The van der Waals surface area contributed by atoms with E-state index in [-0.39, 0.29) is 0 Å². The van der Waals surface area contributed by atoms with Gasteiger partial charge in [0.1, 0.15) is 0 Å². The third-order valence-corrected chi connectivity index (χ3v) is 7.23. The van der Waals surface area contributed by atoms with Crippen molar-refractivity contribution in [1.29, 1.82) is 0 Å².